The number of rotatable bonds is 4. The molecule has 2 nitrogen and oxygen atoms in total. The summed E-state index contributed by atoms with van der Waals surface area (Å²) in [7, 11) is 1.68. The van der Waals surface area contributed by atoms with E-state index in [1.165, 1.54) is 0 Å². The second-order valence-corrected chi connectivity index (χ2v) is 4.21. The Morgan fingerprint density at radius 1 is 1.21 bits per heavy atom. The van der Waals surface area contributed by atoms with E-state index in [4.69, 9.17) is 0 Å². The molecule has 0 saturated heterocycles. The lowest BCUT2D eigenvalue weighted by atomic mass is 9.99. The highest BCUT2D eigenvalue weighted by atomic mass is 19.2. The Kier molecular flexibility index (Phi) is 4.16. The normalized spacial score (nSPS) is 12.4. The molecule has 2 aromatic rings. The first-order chi connectivity index (χ1) is 9.11. The van der Waals surface area contributed by atoms with Crippen molar-refractivity contribution in [1.82, 2.24) is 10.3 Å². The second-order valence-electron chi connectivity index (χ2n) is 4.21. The molecule has 100 valence electrons. The van der Waals surface area contributed by atoms with Crippen molar-refractivity contribution in [2.24, 2.45) is 0 Å². The maximum atomic E-state index is 13.2. The average molecular weight is 266 g/mol. The minimum atomic E-state index is -1.44. The van der Waals surface area contributed by atoms with Crippen LogP contribution >= 0.6 is 0 Å². The minimum absolute atomic E-state index is 0.311. The van der Waals surface area contributed by atoms with Crippen LogP contribution in [0.3, 0.4) is 0 Å². The van der Waals surface area contributed by atoms with Crippen LogP contribution < -0.4 is 5.32 Å². The van der Waals surface area contributed by atoms with Crippen molar-refractivity contribution in [3.05, 3.63) is 65.2 Å². The zero-order valence-electron chi connectivity index (χ0n) is 10.3. The van der Waals surface area contributed by atoms with Gasteiger partial charge in [-0.25, -0.2) is 13.2 Å². The maximum absolute atomic E-state index is 13.2. The molecule has 1 aromatic carbocycles. The number of hydrogen-bond donors (Lipinski definition) is 1. The summed E-state index contributed by atoms with van der Waals surface area (Å²) in [4.78, 5) is 3.98. The topological polar surface area (TPSA) is 24.9 Å². The number of aromatic nitrogens is 1. The van der Waals surface area contributed by atoms with Crippen LogP contribution in [0, 0.1) is 17.5 Å². The molecule has 19 heavy (non-hydrogen) atoms. The highest BCUT2D eigenvalue weighted by Crippen LogP contribution is 2.22. The largest absolute Gasteiger partial charge is 0.313 e. The lowest BCUT2D eigenvalue weighted by Crippen LogP contribution is -2.19. The van der Waals surface area contributed by atoms with Crippen LogP contribution in [0.5, 0.6) is 0 Å². The Balaban J connectivity index is 2.27. The summed E-state index contributed by atoms with van der Waals surface area (Å²) < 4.78 is 39.4. The minimum Gasteiger partial charge on any atom is -0.313 e. The predicted octanol–water partition coefficient (Wildman–Crippen LogP) is 3.00. The molecule has 5 heteroatoms. The summed E-state index contributed by atoms with van der Waals surface area (Å²) in [6, 6.07) is 5.36. The van der Waals surface area contributed by atoms with Gasteiger partial charge in [0.05, 0.1) is 0 Å². The van der Waals surface area contributed by atoms with Gasteiger partial charge in [-0.15, -0.1) is 0 Å². The Bertz CT molecular complexity index is 535. The molecule has 1 N–H and O–H groups in total. The fourth-order valence-electron chi connectivity index (χ4n) is 1.92. The van der Waals surface area contributed by atoms with Crippen molar-refractivity contribution in [1.29, 1.82) is 0 Å². The van der Waals surface area contributed by atoms with Gasteiger partial charge in [-0.3, -0.25) is 4.98 Å². The maximum Gasteiger partial charge on any atom is 0.194 e. The van der Waals surface area contributed by atoms with Crippen LogP contribution in [-0.4, -0.2) is 12.0 Å². The zero-order valence-corrected chi connectivity index (χ0v) is 10.3. The summed E-state index contributed by atoms with van der Waals surface area (Å²) >= 11 is 0. The number of pyridine rings is 1. The van der Waals surface area contributed by atoms with Crippen LogP contribution in [0.4, 0.5) is 13.2 Å². The number of halogens is 3. The molecule has 1 aromatic heterocycles. The van der Waals surface area contributed by atoms with Crippen LogP contribution in [-0.2, 0) is 6.42 Å². The third-order valence-electron chi connectivity index (χ3n) is 2.92. The van der Waals surface area contributed by atoms with E-state index in [1.54, 1.807) is 25.5 Å². The smallest absolute Gasteiger partial charge is 0.194 e. The van der Waals surface area contributed by atoms with E-state index in [-0.39, 0.29) is 6.04 Å². The first kappa shape index (κ1) is 13.5. The van der Waals surface area contributed by atoms with Crippen molar-refractivity contribution in [3.63, 3.8) is 0 Å². The van der Waals surface area contributed by atoms with Crippen molar-refractivity contribution < 1.29 is 13.2 Å². The van der Waals surface area contributed by atoms with Gasteiger partial charge < -0.3 is 5.32 Å². The molecule has 0 fully saturated rings. The third kappa shape index (κ3) is 3.12. The number of likely N-dealkylation sites (N-methyl/N-ethyl adjacent to an activating group) is 1. The van der Waals surface area contributed by atoms with E-state index < -0.39 is 17.5 Å². The van der Waals surface area contributed by atoms with Gasteiger partial charge in [-0.2, -0.15) is 0 Å². The molecule has 0 saturated carbocycles. The highest BCUT2D eigenvalue weighted by Gasteiger charge is 2.16. The molecule has 2 rings (SSSR count). The Hall–Kier alpha value is -1.88. The van der Waals surface area contributed by atoms with Crippen molar-refractivity contribution >= 4 is 0 Å². The average Bonchev–Trinajstić information content (AvgIpc) is 2.42. The fourth-order valence-corrected chi connectivity index (χ4v) is 1.92. The van der Waals surface area contributed by atoms with Gasteiger partial charge in [0.1, 0.15) is 0 Å². The molecule has 0 radical (unpaired) electrons. The van der Waals surface area contributed by atoms with E-state index in [2.05, 4.69) is 10.3 Å². The van der Waals surface area contributed by atoms with Gasteiger partial charge >= 0.3 is 0 Å². The van der Waals surface area contributed by atoms with Crippen LogP contribution in [0.25, 0.3) is 0 Å². The Labute approximate surface area is 109 Å². The quantitative estimate of drug-likeness (QED) is 0.860. The summed E-state index contributed by atoms with van der Waals surface area (Å²) in [6.07, 6.45) is 3.84. The van der Waals surface area contributed by atoms with Gasteiger partial charge in [0.2, 0.25) is 0 Å². The van der Waals surface area contributed by atoms with Gasteiger partial charge in [0, 0.05) is 18.4 Å². The molecule has 1 unspecified atom stereocenters. The Morgan fingerprint density at radius 3 is 2.42 bits per heavy atom. The molecule has 0 bridgehead atoms. The van der Waals surface area contributed by atoms with E-state index in [0.717, 1.165) is 17.7 Å². The van der Waals surface area contributed by atoms with Gasteiger partial charge in [-0.1, -0.05) is 6.07 Å². The molecule has 0 aliphatic rings. The van der Waals surface area contributed by atoms with Crippen molar-refractivity contribution in [3.8, 4) is 0 Å². The van der Waals surface area contributed by atoms with E-state index in [9.17, 15) is 13.2 Å². The summed E-state index contributed by atoms with van der Waals surface area (Å²) in [5, 5.41) is 2.96. The second kappa shape index (κ2) is 5.84. The van der Waals surface area contributed by atoms with Gasteiger partial charge in [0.15, 0.2) is 17.5 Å². The summed E-state index contributed by atoms with van der Waals surface area (Å²) in [5.41, 5.74) is 1.29. The highest BCUT2D eigenvalue weighted by molar-refractivity contribution is 5.25. The first-order valence-electron chi connectivity index (χ1n) is 5.82. The van der Waals surface area contributed by atoms with Crippen LogP contribution in [0.15, 0.2) is 36.7 Å². The lowest BCUT2D eigenvalue weighted by Gasteiger charge is -2.17. The van der Waals surface area contributed by atoms with Gasteiger partial charge in [0.25, 0.3) is 0 Å². The molecule has 0 aliphatic heterocycles. The third-order valence-corrected chi connectivity index (χ3v) is 2.92. The van der Waals surface area contributed by atoms with E-state index >= 15 is 0 Å². The molecular weight excluding hydrogens is 253 g/mol. The number of nitrogens with zero attached hydrogens (tertiary/aromatic N) is 1. The standard InChI is InChI=1S/C14H13F3N2/c1-18-13(5-9-3-2-4-19-8-9)10-6-11(15)14(17)12(16)7-10/h2-4,6-8,13,18H,5H2,1H3. The SMILES string of the molecule is CNC(Cc1cccnc1)c1cc(F)c(F)c(F)c1. The zero-order chi connectivity index (χ0) is 13.8. The number of hydrogen-bond acceptors (Lipinski definition) is 2. The van der Waals surface area contributed by atoms with Gasteiger partial charge in [-0.05, 0) is 42.8 Å². The van der Waals surface area contributed by atoms with Crippen molar-refractivity contribution in [2.75, 3.05) is 7.05 Å². The van der Waals surface area contributed by atoms with Crippen LogP contribution in [0.2, 0.25) is 0 Å². The number of benzene rings is 1. The Morgan fingerprint density at radius 2 is 1.89 bits per heavy atom. The van der Waals surface area contributed by atoms with E-state index in [0.29, 0.717) is 12.0 Å². The van der Waals surface area contributed by atoms with Crippen LogP contribution in [0.1, 0.15) is 17.2 Å². The first-order valence-corrected chi connectivity index (χ1v) is 5.82. The molecule has 0 amide bonds. The molecular formula is C14H13F3N2. The molecule has 1 atom stereocenters. The molecule has 0 aliphatic carbocycles. The monoisotopic (exact) mass is 266 g/mol. The number of nitrogens with one attached hydrogen (secondary N) is 1. The molecule has 0 spiro atoms. The summed E-state index contributed by atoms with van der Waals surface area (Å²) in [5.74, 6) is -3.80. The van der Waals surface area contributed by atoms with Crippen molar-refractivity contribution in [2.45, 2.75) is 12.5 Å². The predicted molar refractivity (Wildman–Crippen MR) is 66.1 cm³/mol. The molecule has 1 heterocycles. The fraction of sp³-hybridized carbons (Fsp3) is 0.214. The lowest BCUT2D eigenvalue weighted by molar-refractivity contribution is 0.441. The summed E-state index contributed by atoms with van der Waals surface area (Å²) in [6.45, 7) is 0. The van der Waals surface area contributed by atoms with E-state index in [1.807, 2.05) is 6.07 Å².